The van der Waals surface area contributed by atoms with E-state index in [0.717, 1.165) is 33.1 Å². The molecule has 3 rings (SSSR count). The summed E-state index contributed by atoms with van der Waals surface area (Å²) in [6.45, 7) is 4.09. The van der Waals surface area contributed by atoms with E-state index in [4.69, 9.17) is 17.0 Å². The van der Waals surface area contributed by atoms with Gasteiger partial charge in [-0.05, 0) is 68.5 Å². The molecule has 1 aliphatic heterocycles. The van der Waals surface area contributed by atoms with E-state index in [-0.39, 0.29) is 11.9 Å². The molecule has 1 heterocycles. The number of halogens is 2. The van der Waals surface area contributed by atoms with Gasteiger partial charge in [-0.25, -0.2) is 0 Å². The molecule has 2 aliphatic rings. The highest BCUT2D eigenvalue weighted by atomic mass is 79.9. The van der Waals surface area contributed by atoms with E-state index >= 15 is 0 Å². The van der Waals surface area contributed by atoms with Gasteiger partial charge < -0.3 is 4.74 Å². The van der Waals surface area contributed by atoms with Crippen LogP contribution in [-0.2, 0) is 4.79 Å². The highest BCUT2D eigenvalue weighted by Gasteiger charge is 2.37. The van der Waals surface area contributed by atoms with Crippen LogP contribution in [0.3, 0.4) is 0 Å². The van der Waals surface area contributed by atoms with Crippen LogP contribution in [0.15, 0.2) is 38.6 Å². The fourth-order valence-electron chi connectivity index (χ4n) is 3.23. The van der Waals surface area contributed by atoms with Crippen LogP contribution >= 0.6 is 55.8 Å². The summed E-state index contributed by atoms with van der Waals surface area (Å²) in [6, 6.07) is 4.14. The van der Waals surface area contributed by atoms with Crippen LogP contribution in [0.1, 0.15) is 37.7 Å². The zero-order valence-electron chi connectivity index (χ0n) is 14.2. The third kappa shape index (κ3) is 4.43. The van der Waals surface area contributed by atoms with Gasteiger partial charge in [-0.2, -0.15) is 0 Å². The fraction of sp³-hybridized carbons (Fsp3) is 0.368. The number of carbonyl (C=O) groups is 1. The van der Waals surface area contributed by atoms with Crippen LogP contribution in [0.4, 0.5) is 0 Å². The van der Waals surface area contributed by atoms with Gasteiger partial charge in [0.15, 0.2) is 0 Å². The maximum atomic E-state index is 12.9. The summed E-state index contributed by atoms with van der Waals surface area (Å²) in [5.74, 6) is 0.753. The summed E-state index contributed by atoms with van der Waals surface area (Å²) in [4.78, 5) is 15.4. The average Bonchev–Trinajstić information content (AvgIpc) is 2.88. The molecule has 138 valence electrons. The van der Waals surface area contributed by atoms with Gasteiger partial charge in [0, 0.05) is 6.04 Å². The SMILES string of the molecule is C=CCOc1c(Br)cc(/C=C2\SC(=S)N(C3CCCCC3)C2=O)cc1Br. The lowest BCUT2D eigenvalue weighted by Crippen LogP contribution is -2.39. The zero-order valence-corrected chi connectivity index (χ0v) is 19.0. The fourth-order valence-corrected chi connectivity index (χ4v) is 6.08. The molecule has 1 aromatic carbocycles. The average molecular weight is 517 g/mol. The minimum atomic E-state index is 0.0335. The number of hydrogen-bond donors (Lipinski definition) is 0. The van der Waals surface area contributed by atoms with Crippen molar-refractivity contribution < 1.29 is 9.53 Å². The Morgan fingerprint density at radius 3 is 2.54 bits per heavy atom. The number of rotatable bonds is 5. The van der Waals surface area contributed by atoms with E-state index in [2.05, 4.69) is 38.4 Å². The predicted molar refractivity (Wildman–Crippen MR) is 119 cm³/mol. The summed E-state index contributed by atoms with van der Waals surface area (Å²) < 4.78 is 7.96. The second-order valence-corrected chi connectivity index (χ2v) is 9.64. The van der Waals surface area contributed by atoms with Gasteiger partial charge >= 0.3 is 0 Å². The van der Waals surface area contributed by atoms with Gasteiger partial charge in [0.1, 0.15) is 16.7 Å². The lowest BCUT2D eigenvalue weighted by atomic mass is 9.94. The summed E-state index contributed by atoms with van der Waals surface area (Å²) in [5, 5.41) is 0. The van der Waals surface area contributed by atoms with Crippen molar-refractivity contribution in [1.82, 2.24) is 4.90 Å². The van der Waals surface area contributed by atoms with E-state index in [1.165, 1.54) is 31.0 Å². The molecule has 0 unspecified atom stereocenters. The molecule has 7 heteroatoms. The molecule has 0 spiro atoms. The minimum absolute atomic E-state index is 0.0335. The molecule has 2 fully saturated rings. The van der Waals surface area contributed by atoms with Crippen molar-refractivity contribution in [2.24, 2.45) is 0 Å². The first-order valence-electron chi connectivity index (χ1n) is 8.51. The van der Waals surface area contributed by atoms with E-state index < -0.39 is 0 Å². The molecular weight excluding hydrogens is 498 g/mol. The maximum Gasteiger partial charge on any atom is 0.266 e. The lowest BCUT2D eigenvalue weighted by Gasteiger charge is -2.29. The van der Waals surface area contributed by atoms with Crippen molar-refractivity contribution in [3.8, 4) is 5.75 Å². The predicted octanol–water partition coefficient (Wildman–Crippen LogP) is 6.31. The zero-order chi connectivity index (χ0) is 18.7. The molecule has 1 saturated heterocycles. The smallest absolute Gasteiger partial charge is 0.266 e. The van der Waals surface area contributed by atoms with Gasteiger partial charge in [-0.15, -0.1) is 0 Å². The Kier molecular flexibility index (Phi) is 6.99. The van der Waals surface area contributed by atoms with Gasteiger partial charge in [-0.1, -0.05) is 55.9 Å². The third-order valence-corrected chi connectivity index (χ3v) is 6.94. The molecule has 0 aromatic heterocycles. The Morgan fingerprint density at radius 2 is 1.92 bits per heavy atom. The quantitative estimate of drug-likeness (QED) is 0.260. The van der Waals surface area contributed by atoms with Crippen LogP contribution < -0.4 is 4.74 Å². The van der Waals surface area contributed by atoms with E-state index in [1.54, 1.807) is 6.08 Å². The normalized spacial score (nSPS) is 20.1. The molecule has 0 atom stereocenters. The molecular formula is C19H19Br2NO2S2. The first-order valence-corrected chi connectivity index (χ1v) is 11.3. The first-order chi connectivity index (χ1) is 12.5. The van der Waals surface area contributed by atoms with E-state index in [0.29, 0.717) is 15.8 Å². The summed E-state index contributed by atoms with van der Waals surface area (Å²) in [5.41, 5.74) is 0.916. The van der Waals surface area contributed by atoms with Gasteiger partial charge in [0.05, 0.1) is 13.9 Å². The van der Waals surface area contributed by atoms with Crippen LogP contribution in [0.2, 0.25) is 0 Å². The molecule has 0 N–H and O–H groups in total. The molecule has 1 aliphatic carbocycles. The number of carbonyl (C=O) groups excluding carboxylic acids is 1. The van der Waals surface area contributed by atoms with Crippen molar-refractivity contribution in [1.29, 1.82) is 0 Å². The molecule has 0 bridgehead atoms. The molecule has 1 aromatic rings. The van der Waals surface area contributed by atoms with Crippen LogP contribution in [0.25, 0.3) is 6.08 Å². The molecule has 26 heavy (non-hydrogen) atoms. The van der Waals surface area contributed by atoms with Gasteiger partial charge in [0.25, 0.3) is 5.91 Å². The number of amides is 1. The first kappa shape index (κ1) is 20.1. The second kappa shape index (κ2) is 9.04. The summed E-state index contributed by atoms with van der Waals surface area (Å²) in [7, 11) is 0. The number of hydrogen-bond acceptors (Lipinski definition) is 4. The molecule has 1 amide bonds. The maximum absolute atomic E-state index is 12.9. The Hall–Kier alpha value is -0.630. The number of nitrogens with zero attached hydrogens (tertiary/aromatic N) is 1. The highest BCUT2D eigenvalue weighted by molar-refractivity contribution is 9.11. The van der Waals surface area contributed by atoms with Gasteiger partial charge in [0.2, 0.25) is 0 Å². The standard InChI is InChI=1S/C19H19Br2NO2S2/c1-2-8-24-17-14(20)9-12(10-15(17)21)11-16-18(23)22(19(25)26-16)13-6-4-3-5-7-13/h2,9-11,13H,1,3-8H2/b16-11-. The largest absolute Gasteiger partial charge is 0.487 e. The number of thioether (sulfide) groups is 1. The monoisotopic (exact) mass is 515 g/mol. The Balaban J connectivity index is 1.82. The molecule has 1 saturated carbocycles. The number of thiocarbonyl (C=S) groups is 1. The highest BCUT2D eigenvalue weighted by Crippen LogP contribution is 2.39. The van der Waals surface area contributed by atoms with Crippen molar-refractivity contribution in [3.05, 3.63) is 44.2 Å². The van der Waals surface area contributed by atoms with Crippen molar-refractivity contribution in [2.75, 3.05) is 6.61 Å². The Labute approximate surface area is 180 Å². The minimum Gasteiger partial charge on any atom is -0.487 e. The number of ether oxygens (including phenoxy) is 1. The van der Waals surface area contributed by atoms with Crippen molar-refractivity contribution in [2.45, 2.75) is 38.1 Å². The van der Waals surface area contributed by atoms with Gasteiger partial charge in [-0.3, -0.25) is 9.69 Å². The topological polar surface area (TPSA) is 29.5 Å². The summed E-state index contributed by atoms with van der Waals surface area (Å²) >= 11 is 13.9. The van der Waals surface area contributed by atoms with E-state index in [9.17, 15) is 4.79 Å². The van der Waals surface area contributed by atoms with Crippen molar-refractivity contribution >= 4 is 72.1 Å². The summed E-state index contributed by atoms with van der Waals surface area (Å²) in [6.07, 6.45) is 9.29. The Bertz CT molecular complexity index is 750. The van der Waals surface area contributed by atoms with Crippen LogP contribution in [-0.4, -0.2) is 27.8 Å². The molecule has 0 radical (unpaired) electrons. The van der Waals surface area contributed by atoms with Crippen LogP contribution in [0.5, 0.6) is 5.75 Å². The Morgan fingerprint density at radius 1 is 1.27 bits per heavy atom. The molecule has 3 nitrogen and oxygen atoms in total. The van der Waals surface area contributed by atoms with E-state index in [1.807, 2.05) is 23.1 Å². The van der Waals surface area contributed by atoms with Crippen LogP contribution in [0, 0.1) is 0 Å². The number of benzene rings is 1. The second-order valence-electron chi connectivity index (χ2n) is 6.26. The van der Waals surface area contributed by atoms with Crippen molar-refractivity contribution in [3.63, 3.8) is 0 Å². The third-order valence-electron chi connectivity index (χ3n) is 4.43. The lowest BCUT2D eigenvalue weighted by molar-refractivity contribution is -0.124.